The molecule has 0 saturated carbocycles. The van der Waals surface area contributed by atoms with Crippen LogP contribution in [0.25, 0.3) is 0 Å². The highest BCUT2D eigenvalue weighted by molar-refractivity contribution is 5.36. The fourth-order valence-electron chi connectivity index (χ4n) is 5.53. The van der Waals surface area contributed by atoms with Gasteiger partial charge in [-0.2, -0.15) is 0 Å². The zero-order valence-electron chi connectivity index (χ0n) is 17.0. The quantitative estimate of drug-likeness (QED) is 0.640. The molecule has 3 aromatic carbocycles. The molecule has 1 N–H and O–H groups in total. The highest BCUT2D eigenvalue weighted by Gasteiger charge is 2.46. The second-order valence-corrected chi connectivity index (χ2v) is 8.56. The van der Waals surface area contributed by atoms with Crippen molar-refractivity contribution in [3.8, 4) is 0 Å². The van der Waals surface area contributed by atoms with Crippen LogP contribution in [0, 0.1) is 5.92 Å². The molecule has 2 heteroatoms. The molecule has 3 aliphatic heterocycles. The molecule has 148 valence electrons. The lowest BCUT2D eigenvalue weighted by atomic mass is 9.70. The Balaban J connectivity index is 1.50. The van der Waals surface area contributed by atoms with E-state index in [0.717, 1.165) is 12.5 Å². The number of hydrogen-bond acceptors (Lipinski definition) is 2. The van der Waals surface area contributed by atoms with Gasteiger partial charge in [0.15, 0.2) is 0 Å². The molecule has 6 rings (SSSR count). The van der Waals surface area contributed by atoms with Gasteiger partial charge in [-0.25, -0.2) is 0 Å². The van der Waals surface area contributed by atoms with Crippen molar-refractivity contribution < 1.29 is 0 Å². The maximum atomic E-state index is 4.00. The van der Waals surface area contributed by atoms with Crippen LogP contribution in [0.5, 0.6) is 0 Å². The smallest absolute Gasteiger partial charge is 0.0361 e. The van der Waals surface area contributed by atoms with Gasteiger partial charge in [-0.1, -0.05) is 91.0 Å². The molecule has 0 aliphatic carbocycles. The summed E-state index contributed by atoms with van der Waals surface area (Å²) in [6.07, 6.45) is 2.64. The Morgan fingerprint density at radius 3 is 1.79 bits per heavy atom. The zero-order valence-corrected chi connectivity index (χ0v) is 17.0. The van der Waals surface area contributed by atoms with Gasteiger partial charge in [0.1, 0.15) is 0 Å². The molecule has 0 radical (unpaired) electrons. The second-order valence-electron chi connectivity index (χ2n) is 8.56. The summed E-state index contributed by atoms with van der Waals surface area (Å²) in [6.45, 7) is 3.41. The van der Waals surface area contributed by atoms with Crippen LogP contribution in [0.3, 0.4) is 0 Å². The number of benzene rings is 3. The van der Waals surface area contributed by atoms with E-state index in [2.05, 4.69) is 101 Å². The molecule has 0 aromatic heterocycles. The summed E-state index contributed by atoms with van der Waals surface area (Å²) in [7, 11) is 0. The summed E-state index contributed by atoms with van der Waals surface area (Å²) < 4.78 is 0. The summed E-state index contributed by atoms with van der Waals surface area (Å²) in [6, 6.07) is 34.1. The third-order valence-corrected chi connectivity index (χ3v) is 6.92. The largest absolute Gasteiger partial charge is 0.308 e. The molecule has 3 aliphatic rings. The first-order chi connectivity index (χ1) is 14.4. The van der Waals surface area contributed by atoms with Crippen molar-refractivity contribution in [2.45, 2.75) is 37.4 Å². The third kappa shape index (κ3) is 3.88. The van der Waals surface area contributed by atoms with Gasteiger partial charge < -0.3 is 5.32 Å². The van der Waals surface area contributed by atoms with Crippen molar-refractivity contribution in [3.05, 3.63) is 108 Å². The Labute approximate surface area is 174 Å². The Kier molecular flexibility index (Phi) is 5.47. The lowest BCUT2D eigenvalue weighted by Crippen LogP contribution is -2.64. The van der Waals surface area contributed by atoms with Crippen LogP contribution in [-0.4, -0.2) is 30.1 Å². The molecule has 2 bridgehead atoms. The maximum Gasteiger partial charge on any atom is 0.0361 e. The molecule has 3 saturated heterocycles. The number of nitrogens with zero attached hydrogens (tertiary/aromatic N) is 1. The van der Waals surface area contributed by atoms with Crippen LogP contribution in [0.2, 0.25) is 0 Å². The van der Waals surface area contributed by atoms with Gasteiger partial charge in [0, 0.05) is 24.5 Å². The van der Waals surface area contributed by atoms with E-state index in [9.17, 15) is 0 Å². The summed E-state index contributed by atoms with van der Waals surface area (Å²) in [5.74, 6) is 1.16. The molecule has 3 fully saturated rings. The van der Waals surface area contributed by atoms with Crippen molar-refractivity contribution in [1.29, 1.82) is 0 Å². The second kappa shape index (κ2) is 8.52. The van der Waals surface area contributed by atoms with E-state index in [1.807, 2.05) is 0 Å². The molecule has 2 nitrogen and oxygen atoms in total. The van der Waals surface area contributed by atoms with E-state index < -0.39 is 0 Å². The third-order valence-electron chi connectivity index (χ3n) is 6.92. The maximum absolute atomic E-state index is 4.00. The number of nitrogens with one attached hydrogen (secondary N) is 1. The Bertz CT molecular complexity index is 846. The fourth-order valence-corrected chi connectivity index (χ4v) is 5.53. The predicted octanol–water partition coefficient (Wildman–Crippen LogP) is 5.07. The van der Waals surface area contributed by atoms with Gasteiger partial charge >= 0.3 is 0 Å². The van der Waals surface area contributed by atoms with Crippen molar-refractivity contribution >= 4 is 0 Å². The van der Waals surface area contributed by atoms with Gasteiger partial charge in [0.25, 0.3) is 0 Å². The SMILES string of the molecule is c1ccc(CN[C@@H]2C3CCN(CC3)[C@@H]2C(c2ccccc2)c2ccccc2)cc1. The van der Waals surface area contributed by atoms with Gasteiger partial charge in [-0.3, -0.25) is 4.90 Å². The van der Waals surface area contributed by atoms with E-state index in [4.69, 9.17) is 0 Å². The molecule has 2 atom stereocenters. The standard InChI is InChI=1S/C27H30N2/c1-4-10-21(11-5-1)20-28-26-24-16-18-29(19-17-24)27(26)25(22-12-6-2-7-13-22)23-14-8-3-9-15-23/h1-15,24-28H,16-20H2/t26-,27-/m1/s1. The lowest BCUT2D eigenvalue weighted by Gasteiger charge is -2.54. The van der Waals surface area contributed by atoms with Crippen LogP contribution < -0.4 is 5.32 Å². The van der Waals surface area contributed by atoms with Crippen LogP contribution >= 0.6 is 0 Å². The first-order valence-corrected chi connectivity index (χ1v) is 11.0. The van der Waals surface area contributed by atoms with Crippen molar-refractivity contribution in [2.24, 2.45) is 5.92 Å². The molecule has 0 spiro atoms. The average Bonchev–Trinajstić information content (AvgIpc) is 2.81. The highest BCUT2D eigenvalue weighted by atomic mass is 15.2. The van der Waals surface area contributed by atoms with Crippen LogP contribution in [0.15, 0.2) is 91.0 Å². The number of piperidine rings is 3. The van der Waals surface area contributed by atoms with Crippen molar-refractivity contribution in [3.63, 3.8) is 0 Å². The molecular formula is C27H30N2. The fraction of sp³-hybridized carbons (Fsp3) is 0.333. The van der Waals surface area contributed by atoms with Crippen molar-refractivity contribution in [1.82, 2.24) is 10.2 Å². The van der Waals surface area contributed by atoms with Crippen LogP contribution in [0.1, 0.15) is 35.4 Å². The topological polar surface area (TPSA) is 15.3 Å². The molecule has 29 heavy (non-hydrogen) atoms. The monoisotopic (exact) mass is 382 g/mol. The number of fused-ring (bicyclic) bond motifs is 3. The van der Waals surface area contributed by atoms with E-state index in [0.29, 0.717) is 18.0 Å². The Hall–Kier alpha value is -2.42. The molecular weight excluding hydrogens is 352 g/mol. The number of rotatable bonds is 6. The van der Waals surface area contributed by atoms with E-state index in [1.165, 1.54) is 42.6 Å². The van der Waals surface area contributed by atoms with Gasteiger partial charge in [-0.15, -0.1) is 0 Å². The zero-order chi connectivity index (χ0) is 19.5. The summed E-state index contributed by atoms with van der Waals surface area (Å²) in [4.78, 5) is 2.76. The van der Waals surface area contributed by atoms with E-state index in [1.54, 1.807) is 0 Å². The normalized spacial score (nSPS) is 26.0. The van der Waals surface area contributed by atoms with Crippen LogP contribution in [0.4, 0.5) is 0 Å². The van der Waals surface area contributed by atoms with E-state index in [-0.39, 0.29) is 0 Å². The Morgan fingerprint density at radius 2 is 1.24 bits per heavy atom. The first kappa shape index (κ1) is 18.6. The van der Waals surface area contributed by atoms with Gasteiger partial charge in [0.2, 0.25) is 0 Å². The van der Waals surface area contributed by atoms with Gasteiger partial charge in [-0.05, 0) is 48.5 Å². The molecule has 3 aromatic rings. The minimum absolute atomic E-state index is 0.397. The summed E-state index contributed by atoms with van der Waals surface area (Å²) in [5, 5.41) is 4.00. The minimum Gasteiger partial charge on any atom is -0.308 e. The predicted molar refractivity (Wildman–Crippen MR) is 120 cm³/mol. The van der Waals surface area contributed by atoms with E-state index >= 15 is 0 Å². The number of hydrogen-bond donors (Lipinski definition) is 1. The average molecular weight is 383 g/mol. The first-order valence-electron chi connectivity index (χ1n) is 11.0. The highest BCUT2D eigenvalue weighted by Crippen LogP contribution is 2.42. The lowest BCUT2D eigenvalue weighted by molar-refractivity contribution is 0.00468. The minimum atomic E-state index is 0.397. The molecule has 0 amide bonds. The molecule has 3 heterocycles. The summed E-state index contributed by atoms with van der Waals surface area (Å²) >= 11 is 0. The van der Waals surface area contributed by atoms with Crippen molar-refractivity contribution in [2.75, 3.05) is 13.1 Å². The van der Waals surface area contributed by atoms with Gasteiger partial charge in [0.05, 0.1) is 0 Å². The summed E-state index contributed by atoms with van der Waals surface area (Å²) in [5.41, 5.74) is 4.24. The Morgan fingerprint density at radius 1 is 0.724 bits per heavy atom. The van der Waals surface area contributed by atoms with Crippen LogP contribution in [-0.2, 0) is 6.54 Å². The molecule has 0 unspecified atom stereocenters.